The lowest BCUT2D eigenvalue weighted by Crippen LogP contribution is -2.47. The van der Waals surface area contributed by atoms with E-state index in [-0.39, 0.29) is 18.6 Å². The van der Waals surface area contributed by atoms with Crippen molar-refractivity contribution in [1.82, 2.24) is 10.2 Å². The van der Waals surface area contributed by atoms with Gasteiger partial charge in [0.2, 0.25) is 0 Å². The molecule has 0 saturated carbocycles. The Morgan fingerprint density at radius 2 is 2.00 bits per heavy atom. The minimum Gasteiger partial charge on any atom is -0.480 e. The third-order valence-corrected chi connectivity index (χ3v) is 2.72. The maximum Gasteiger partial charge on any atom is 0.323 e. The van der Waals surface area contributed by atoms with Crippen LogP contribution in [0.3, 0.4) is 0 Å². The molecule has 0 aliphatic rings. The molecule has 2 amide bonds. The normalized spacial score (nSPS) is 12.3. The van der Waals surface area contributed by atoms with Gasteiger partial charge >= 0.3 is 12.0 Å². The summed E-state index contributed by atoms with van der Waals surface area (Å²) >= 11 is 0. The van der Waals surface area contributed by atoms with Crippen LogP contribution in [0.5, 0.6) is 0 Å². The lowest BCUT2D eigenvalue weighted by molar-refractivity contribution is -0.138. The molecule has 0 aromatic carbocycles. The van der Waals surface area contributed by atoms with Crippen LogP contribution >= 0.6 is 0 Å². The average molecular weight is 268 g/mol. The molecule has 0 spiro atoms. The van der Waals surface area contributed by atoms with Gasteiger partial charge in [-0.3, -0.25) is 4.79 Å². The van der Waals surface area contributed by atoms with Crippen LogP contribution in [0.1, 0.15) is 38.3 Å². The Hall–Kier alpha value is -1.98. The number of carbonyl (C=O) groups excluding carboxylic acids is 1. The second-order valence-corrected chi connectivity index (χ2v) is 4.73. The smallest absolute Gasteiger partial charge is 0.323 e. The fourth-order valence-electron chi connectivity index (χ4n) is 1.66. The van der Waals surface area contributed by atoms with Crippen molar-refractivity contribution in [3.63, 3.8) is 0 Å². The van der Waals surface area contributed by atoms with Crippen LogP contribution in [-0.2, 0) is 4.79 Å². The Morgan fingerprint density at radius 1 is 1.37 bits per heavy atom. The molecule has 1 aromatic rings. The van der Waals surface area contributed by atoms with Crippen molar-refractivity contribution in [1.29, 1.82) is 0 Å². The highest BCUT2D eigenvalue weighted by molar-refractivity contribution is 5.80. The summed E-state index contributed by atoms with van der Waals surface area (Å²) < 4.78 is 5.42. The number of carboxylic acid groups (broad SMARTS) is 1. The number of carboxylic acids is 1. The number of urea groups is 1. The fraction of sp³-hybridized carbons (Fsp3) is 0.538. The molecule has 1 atom stereocenters. The van der Waals surface area contributed by atoms with Gasteiger partial charge in [0.15, 0.2) is 0 Å². The highest BCUT2D eigenvalue weighted by Gasteiger charge is 2.22. The summed E-state index contributed by atoms with van der Waals surface area (Å²) in [6.07, 6.45) is 0. The second kappa shape index (κ2) is 6.26. The van der Waals surface area contributed by atoms with Crippen molar-refractivity contribution >= 4 is 12.0 Å². The van der Waals surface area contributed by atoms with Crippen LogP contribution in [0.2, 0.25) is 0 Å². The van der Waals surface area contributed by atoms with Gasteiger partial charge in [0.1, 0.15) is 18.1 Å². The van der Waals surface area contributed by atoms with E-state index in [1.54, 1.807) is 26.8 Å². The molecule has 0 aliphatic carbocycles. The summed E-state index contributed by atoms with van der Waals surface area (Å²) in [4.78, 5) is 24.0. The molecule has 0 radical (unpaired) electrons. The molecular weight excluding hydrogens is 248 g/mol. The molecule has 0 saturated heterocycles. The van der Waals surface area contributed by atoms with Crippen LogP contribution in [-0.4, -0.2) is 34.6 Å². The zero-order chi connectivity index (χ0) is 14.6. The fourth-order valence-corrected chi connectivity index (χ4v) is 1.66. The Bertz CT molecular complexity index is 453. The number of nitrogens with zero attached hydrogens (tertiary/aromatic N) is 1. The number of carbonyl (C=O) groups is 2. The maximum absolute atomic E-state index is 12.0. The van der Waals surface area contributed by atoms with Gasteiger partial charge in [-0.05, 0) is 39.8 Å². The zero-order valence-corrected chi connectivity index (χ0v) is 11.6. The van der Waals surface area contributed by atoms with Gasteiger partial charge in [-0.15, -0.1) is 0 Å². The first-order chi connectivity index (χ1) is 8.81. The SMILES string of the molecule is Cc1ccc(C(C)NC(=O)N(CC(=O)O)C(C)C)o1. The number of amides is 2. The number of hydrogen-bond donors (Lipinski definition) is 2. The lowest BCUT2D eigenvalue weighted by atomic mass is 10.2. The number of aliphatic carboxylic acids is 1. The molecule has 6 heteroatoms. The minimum atomic E-state index is -1.04. The van der Waals surface area contributed by atoms with E-state index in [0.717, 1.165) is 5.76 Å². The van der Waals surface area contributed by atoms with Crippen molar-refractivity contribution in [2.24, 2.45) is 0 Å². The highest BCUT2D eigenvalue weighted by Crippen LogP contribution is 2.16. The second-order valence-electron chi connectivity index (χ2n) is 4.73. The summed E-state index contributed by atoms with van der Waals surface area (Å²) in [5.41, 5.74) is 0. The Labute approximate surface area is 112 Å². The van der Waals surface area contributed by atoms with E-state index >= 15 is 0 Å². The molecule has 19 heavy (non-hydrogen) atoms. The molecule has 1 rings (SSSR count). The van der Waals surface area contributed by atoms with Crippen LogP contribution in [0.4, 0.5) is 4.79 Å². The first-order valence-corrected chi connectivity index (χ1v) is 6.16. The molecule has 1 unspecified atom stereocenters. The van der Waals surface area contributed by atoms with Gasteiger partial charge in [0, 0.05) is 6.04 Å². The topological polar surface area (TPSA) is 82.8 Å². The van der Waals surface area contributed by atoms with Gasteiger partial charge in [-0.1, -0.05) is 0 Å². The van der Waals surface area contributed by atoms with E-state index in [2.05, 4.69) is 5.32 Å². The quantitative estimate of drug-likeness (QED) is 0.857. The molecule has 2 N–H and O–H groups in total. The molecule has 1 aromatic heterocycles. The zero-order valence-electron chi connectivity index (χ0n) is 11.6. The van der Waals surface area contributed by atoms with Crippen molar-refractivity contribution in [2.75, 3.05) is 6.54 Å². The van der Waals surface area contributed by atoms with Crippen LogP contribution in [0.15, 0.2) is 16.5 Å². The number of aryl methyl sites for hydroxylation is 1. The Balaban J connectivity index is 2.68. The van der Waals surface area contributed by atoms with E-state index in [1.807, 2.05) is 13.0 Å². The largest absolute Gasteiger partial charge is 0.480 e. The monoisotopic (exact) mass is 268 g/mol. The summed E-state index contributed by atoms with van der Waals surface area (Å²) in [5, 5.41) is 11.5. The lowest BCUT2D eigenvalue weighted by Gasteiger charge is -2.26. The molecule has 0 fully saturated rings. The van der Waals surface area contributed by atoms with E-state index in [0.29, 0.717) is 5.76 Å². The van der Waals surface area contributed by atoms with Gasteiger partial charge < -0.3 is 19.7 Å². The third-order valence-electron chi connectivity index (χ3n) is 2.72. The third kappa shape index (κ3) is 4.31. The van der Waals surface area contributed by atoms with E-state index < -0.39 is 12.0 Å². The standard InChI is InChI=1S/C13H20N2O4/c1-8(2)15(7-12(16)17)13(18)14-10(4)11-6-5-9(3)19-11/h5-6,8,10H,7H2,1-4H3,(H,14,18)(H,16,17). The van der Waals surface area contributed by atoms with Gasteiger partial charge in [0.05, 0.1) is 6.04 Å². The van der Waals surface area contributed by atoms with Crippen molar-refractivity contribution in [2.45, 2.75) is 39.8 Å². The summed E-state index contributed by atoms with van der Waals surface area (Å²) in [6, 6.07) is 2.68. The average Bonchev–Trinajstić information content (AvgIpc) is 2.72. The first kappa shape index (κ1) is 15.1. The summed E-state index contributed by atoms with van der Waals surface area (Å²) in [7, 11) is 0. The number of hydrogen-bond acceptors (Lipinski definition) is 3. The molecule has 1 heterocycles. The summed E-state index contributed by atoms with van der Waals surface area (Å²) in [6.45, 7) is 6.82. The Morgan fingerprint density at radius 3 is 2.42 bits per heavy atom. The predicted octanol–water partition coefficient (Wildman–Crippen LogP) is 2.15. The van der Waals surface area contributed by atoms with E-state index in [9.17, 15) is 9.59 Å². The van der Waals surface area contributed by atoms with Crippen LogP contribution in [0, 0.1) is 6.92 Å². The molecule has 0 aliphatic heterocycles. The van der Waals surface area contributed by atoms with Gasteiger partial charge in [-0.2, -0.15) is 0 Å². The molecule has 6 nitrogen and oxygen atoms in total. The molecule has 106 valence electrons. The van der Waals surface area contributed by atoms with Crippen molar-refractivity contribution in [3.8, 4) is 0 Å². The molecule has 0 bridgehead atoms. The highest BCUT2D eigenvalue weighted by atomic mass is 16.4. The number of nitrogens with one attached hydrogen (secondary N) is 1. The van der Waals surface area contributed by atoms with Gasteiger partial charge in [-0.25, -0.2) is 4.79 Å². The molecular formula is C13H20N2O4. The minimum absolute atomic E-state index is 0.193. The predicted molar refractivity (Wildman–Crippen MR) is 69.9 cm³/mol. The van der Waals surface area contributed by atoms with Crippen LogP contribution in [0.25, 0.3) is 0 Å². The summed E-state index contributed by atoms with van der Waals surface area (Å²) in [5.74, 6) is 0.373. The van der Waals surface area contributed by atoms with Gasteiger partial charge in [0.25, 0.3) is 0 Å². The van der Waals surface area contributed by atoms with Crippen molar-refractivity contribution in [3.05, 3.63) is 23.7 Å². The van der Waals surface area contributed by atoms with E-state index in [4.69, 9.17) is 9.52 Å². The van der Waals surface area contributed by atoms with E-state index in [1.165, 1.54) is 4.90 Å². The van der Waals surface area contributed by atoms with Crippen molar-refractivity contribution < 1.29 is 19.1 Å². The Kier molecular flexibility index (Phi) is 4.97. The number of rotatable bonds is 5. The first-order valence-electron chi connectivity index (χ1n) is 6.16. The maximum atomic E-state index is 12.0. The number of furan rings is 1. The van der Waals surface area contributed by atoms with Crippen LogP contribution < -0.4 is 5.32 Å².